The van der Waals surface area contributed by atoms with Gasteiger partial charge in [0.15, 0.2) is 5.76 Å². The van der Waals surface area contributed by atoms with Crippen LogP contribution < -0.4 is 5.32 Å². The highest BCUT2D eigenvalue weighted by atomic mass is 16.5. The fourth-order valence-electron chi connectivity index (χ4n) is 3.18. The van der Waals surface area contributed by atoms with Crippen molar-refractivity contribution in [2.24, 2.45) is 0 Å². The van der Waals surface area contributed by atoms with Crippen LogP contribution in [0.15, 0.2) is 10.6 Å². The molecule has 1 N–H and O–H groups in total. The number of nitrogens with one attached hydrogen (secondary N) is 1. The lowest BCUT2D eigenvalue weighted by atomic mass is 9.98. The van der Waals surface area contributed by atoms with E-state index >= 15 is 0 Å². The second-order valence-corrected chi connectivity index (χ2v) is 6.35. The Hall–Kier alpha value is -0.870. The summed E-state index contributed by atoms with van der Waals surface area (Å²) in [6.45, 7) is 5.28. The van der Waals surface area contributed by atoms with Gasteiger partial charge in [-0.15, -0.1) is 0 Å². The minimum atomic E-state index is 0.728. The summed E-state index contributed by atoms with van der Waals surface area (Å²) in [6.07, 6.45) is 9.27. The topological polar surface area (TPSA) is 41.3 Å². The first-order chi connectivity index (χ1) is 9.85. The van der Waals surface area contributed by atoms with Crippen molar-refractivity contribution >= 4 is 0 Å². The molecule has 1 aliphatic carbocycles. The van der Waals surface area contributed by atoms with E-state index < -0.39 is 0 Å². The summed E-state index contributed by atoms with van der Waals surface area (Å²) in [5, 5.41) is 7.67. The molecule has 4 heteroatoms. The molecule has 2 aliphatic rings. The Morgan fingerprint density at radius 3 is 3.05 bits per heavy atom. The van der Waals surface area contributed by atoms with Gasteiger partial charge in [-0.25, -0.2) is 0 Å². The number of aromatic nitrogens is 1. The first kappa shape index (κ1) is 14.1. The summed E-state index contributed by atoms with van der Waals surface area (Å²) in [7, 11) is 0. The third kappa shape index (κ3) is 3.83. The maximum absolute atomic E-state index is 5.51. The van der Waals surface area contributed by atoms with Gasteiger partial charge in [0.25, 0.3) is 0 Å². The molecule has 1 aromatic heterocycles. The molecular formula is C16H27N3O. The van der Waals surface area contributed by atoms with Crippen molar-refractivity contribution in [1.29, 1.82) is 0 Å². The Balaban J connectivity index is 1.52. The van der Waals surface area contributed by atoms with Crippen LogP contribution in [0.3, 0.4) is 0 Å². The quantitative estimate of drug-likeness (QED) is 0.831. The van der Waals surface area contributed by atoms with Gasteiger partial charge < -0.3 is 9.84 Å². The molecule has 3 rings (SSSR count). The van der Waals surface area contributed by atoms with Crippen molar-refractivity contribution in [3.05, 3.63) is 17.5 Å². The minimum absolute atomic E-state index is 0.728. The van der Waals surface area contributed by atoms with Gasteiger partial charge in [0.05, 0.1) is 12.2 Å². The molecule has 1 atom stereocenters. The Kier molecular flexibility index (Phi) is 4.73. The lowest BCUT2D eigenvalue weighted by molar-refractivity contribution is 0.118. The average molecular weight is 277 g/mol. The van der Waals surface area contributed by atoms with Gasteiger partial charge in [-0.1, -0.05) is 24.9 Å². The molecule has 0 amide bonds. The molecule has 1 aromatic rings. The molecule has 2 fully saturated rings. The summed E-state index contributed by atoms with van der Waals surface area (Å²) in [6, 6.07) is 3.60. The fourth-order valence-corrected chi connectivity index (χ4v) is 3.18. The highest BCUT2D eigenvalue weighted by Crippen LogP contribution is 2.23. The van der Waals surface area contributed by atoms with E-state index in [1.807, 2.05) is 0 Å². The maximum Gasteiger partial charge on any atom is 0.151 e. The molecule has 1 aliphatic heterocycles. The monoisotopic (exact) mass is 277 g/mol. The molecule has 0 bridgehead atoms. The van der Waals surface area contributed by atoms with Crippen molar-refractivity contribution in [2.45, 2.75) is 77.0 Å². The minimum Gasteiger partial charge on any atom is -0.360 e. The average Bonchev–Trinajstić information content (AvgIpc) is 3.19. The van der Waals surface area contributed by atoms with Crippen LogP contribution in [0.4, 0.5) is 0 Å². The summed E-state index contributed by atoms with van der Waals surface area (Å²) in [5.41, 5.74) is 1.05. The van der Waals surface area contributed by atoms with Gasteiger partial charge in [-0.3, -0.25) is 4.90 Å². The molecule has 0 radical (unpaired) electrons. The molecule has 20 heavy (non-hydrogen) atoms. The van der Waals surface area contributed by atoms with Crippen molar-refractivity contribution < 1.29 is 4.52 Å². The van der Waals surface area contributed by atoms with Crippen LogP contribution in [-0.2, 0) is 13.1 Å². The predicted molar refractivity (Wildman–Crippen MR) is 79.3 cm³/mol. The maximum atomic E-state index is 5.51. The Bertz CT molecular complexity index is 412. The molecule has 1 unspecified atom stereocenters. The SMILES string of the molecule is CCCC1CCCCN1Cc1cc(CNC2CC2)no1. The second kappa shape index (κ2) is 6.72. The summed E-state index contributed by atoms with van der Waals surface area (Å²) < 4.78 is 5.51. The summed E-state index contributed by atoms with van der Waals surface area (Å²) >= 11 is 0. The second-order valence-electron chi connectivity index (χ2n) is 6.35. The number of hydrogen-bond acceptors (Lipinski definition) is 4. The molecule has 1 saturated heterocycles. The van der Waals surface area contributed by atoms with Crippen LogP contribution in [0, 0.1) is 0 Å². The summed E-state index contributed by atoms with van der Waals surface area (Å²) in [4.78, 5) is 2.59. The van der Waals surface area contributed by atoms with E-state index in [4.69, 9.17) is 4.52 Å². The normalized spacial score (nSPS) is 24.1. The van der Waals surface area contributed by atoms with Gasteiger partial charge in [-0.05, 0) is 38.6 Å². The van der Waals surface area contributed by atoms with Gasteiger partial charge in [-0.2, -0.15) is 0 Å². The van der Waals surface area contributed by atoms with Crippen molar-refractivity contribution in [1.82, 2.24) is 15.4 Å². The largest absolute Gasteiger partial charge is 0.360 e. The van der Waals surface area contributed by atoms with Crippen LogP contribution in [0.1, 0.15) is 63.3 Å². The highest BCUT2D eigenvalue weighted by Gasteiger charge is 2.23. The Morgan fingerprint density at radius 2 is 2.25 bits per heavy atom. The predicted octanol–water partition coefficient (Wildman–Crippen LogP) is 3.08. The molecule has 0 aromatic carbocycles. The Labute approximate surface area is 121 Å². The molecule has 2 heterocycles. The van der Waals surface area contributed by atoms with Crippen molar-refractivity contribution in [3.63, 3.8) is 0 Å². The zero-order valence-electron chi connectivity index (χ0n) is 12.6. The number of piperidine rings is 1. The molecule has 0 spiro atoms. The lowest BCUT2D eigenvalue weighted by Gasteiger charge is -2.34. The molecular weight excluding hydrogens is 250 g/mol. The summed E-state index contributed by atoms with van der Waals surface area (Å²) in [5.74, 6) is 1.03. The molecule has 112 valence electrons. The van der Waals surface area contributed by atoms with Crippen LogP contribution in [-0.4, -0.2) is 28.7 Å². The van der Waals surface area contributed by atoms with E-state index in [0.717, 1.165) is 36.6 Å². The van der Waals surface area contributed by atoms with Crippen molar-refractivity contribution in [3.8, 4) is 0 Å². The number of likely N-dealkylation sites (tertiary alicyclic amines) is 1. The van der Waals surface area contributed by atoms with Gasteiger partial charge in [0.1, 0.15) is 0 Å². The van der Waals surface area contributed by atoms with E-state index in [1.54, 1.807) is 0 Å². The van der Waals surface area contributed by atoms with Crippen LogP contribution >= 0.6 is 0 Å². The van der Waals surface area contributed by atoms with Gasteiger partial charge >= 0.3 is 0 Å². The number of hydrogen-bond donors (Lipinski definition) is 1. The first-order valence-electron chi connectivity index (χ1n) is 8.27. The zero-order chi connectivity index (χ0) is 13.8. The third-order valence-electron chi connectivity index (χ3n) is 4.49. The van der Waals surface area contributed by atoms with E-state index in [9.17, 15) is 0 Å². The number of nitrogens with zero attached hydrogens (tertiary/aromatic N) is 2. The van der Waals surface area contributed by atoms with Gasteiger partial charge in [0, 0.05) is 24.7 Å². The molecule has 1 saturated carbocycles. The molecule has 4 nitrogen and oxygen atoms in total. The van der Waals surface area contributed by atoms with E-state index in [2.05, 4.69) is 28.4 Å². The van der Waals surface area contributed by atoms with Crippen LogP contribution in [0.25, 0.3) is 0 Å². The van der Waals surface area contributed by atoms with Crippen LogP contribution in [0.5, 0.6) is 0 Å². The third-order valence-corrected chi connectivity index (χ3v) is 4.49. The van der Waals surface area contributed by atoms with E-state index in [1.165, 1.54) is 51.5 Å². The fraction of sp³-hybridized carbons (Fsp3) is 0.812. The van der Waals surface area contributed by atoms with Gasteiger partial charge in [0.2, 0.25) is 0 Å². The smallest absolute Gasteiger partial charge is 0.151 e. The lowest BCUT2D eigenvalue weighted by Crippen LogP contribution is -2.38. The zero-order valence-corrected chi connectivity index (χ0v) is 12.6. The van der Waals surface area contributed by atoms with Crippen LogP contribution in [0.2, 0.25) is 0 Å². The Morgan fingerprint density at radius 1 is 1.35 bits per heavy atom. The highest BCUT2D eigenvalue weighted by molar-refractivity contribution is 5.06. The standard InChI is InChI=1S/C16H27N3O/c1-2-5-15-6-3-4-9-19(15)12-16-10-14(18-20-16)11-17-13-7-8-13/h10,13,15,17H,2-9,11-12H2,1H3. The first-order valence-corrected chi connectivity index (χ1v) is 8.27. The van der Waals surface area contributed by atoms with E-state index in [0.29, 0.717) is 0 Å². The van der Waals surface area contributed by atoms with E-state index in [-0.39, 0.29) is 0 Å². The van der Waals surface area contributed by atoms with Crippen molar-refractivity contribution in [2.75, 3.05) is 6.54 Å². The number of rotatable bonds is 7.